The fraction of sp³-hybridized carbons (Fsp3) is 0.333. The first kappa shape index (κ1) is 11.0. The Morgan fingerprint density at radius 1 is 1.50 bits per heavy atom. The summed E-state index contributed by atoms with van der Waals surface area (Å²) in [6, 6.07) is 1.86. The number of aromatic nitrogens is 5. The number of pyridine rings is 1. The first-order chi connectivity index (χ1) is 7.74. The van der Waals surface area contributed by atoms with Crippen LogP contribution in [0, 0.1) is 0 Å². The molecule has 1 atom stereocenters. The molecule has 1 unspecified atom stereocenters. The normalized spacial score (nSPS) is 12.4. The van der Waals surface area contributed by atoms with Gasteiger partial charge in [0.15, 0.2) is 0 Å². The van der Waals surface area contributed by atoms with Gasteiger partial charge in [0.1, 0.15) is 18.2 Å². The molecule has 0 aliphatic rings. The Morgan fingerprint density at radius 3 is 3.06 bits per heavy atom. The van der Waals surface area contributed by atoms with Gasteiger partial charge in [-0.25, -0.2) is 4.68 Å². The maximum Gasteiger partial charge on any atom is 0.139 e. The lowest BCUT2D eigenvalue weighted by Crippen LogP contribution is -2.20. The fourth-order valence-corrected chi connectivity index (χ4v) is 1.60. The number of rotatable bonds is 4. The summed E-state index contributed by atoms with van der Waals surface area (Å²) in [5.74, 6) is 0.718. The molecule has 6 nitrogen and oxygen atoms in total. The highest BCUT2D eigenvalue weighted by Crippen LogP contribution is 2.17. The van der Waals surface area contributed by atoms with E-state index in [1.165, 1.54) is 0 Å². The molecule has 84 valence electrons. The zero-order valence-corrected chi connectivity index (χ0v) is 10.2. The van der Waals surface area contributed by atoms with Gasteiger partial charge in [-0.15, -0.1) is 5.10 Å². The van der Waals surface area contributed by atoms with E-state index in [2.05, 4.69) is 36.4 Å². The lowest BCUT2D eigenvalue weighted by atomic mass is 10.4. The lowest BCUT2D eigenvalue weighted by Gasteiger charge is -2.13. The molecule has 2 aromatic heterocycles. The van der Waals surface area contributed by atoms with Crippen LogP contribution in [0.2, 0.25) is 0 Å². The second kappa shape index (κ2) is 5.02. The first-order valence-corrected chi connectivity index (χ1v) is 5.51. The van der Waals surface area contributed by atoms with Crippen LogP contribution in [0.25, 0.3) is 0 Å². The van der Waals surface area contributed by atoms with Crippen molar-refractivity contribution in [3.05, 3.63) is 29.3 Å². The summed E-state index contributed by atoms with van der Waals surface area (Å²) in [6.07, 6.45) is 4.90. The number of ether oxygens (including phenoxy) is 1. The molecular formula is C9H10BrN5O. The number of hydrogen-bond acceptors (Lipinski definition) is 5. The summed E-state index contributed by atoms with van der Waals surface area (Å²) in [4.78, 5) is 4.02. The highest BCUT2D eigenvalue weighted by Gasteiger charge is 2.06. The minimum Gasteiger partial charge on any atom is -0.487 e. The molecule has 0 bridgehead atoms. The van der Waals surface area contributed by atoms with Crippen molar-refractivity contribution in [2.45, 2.75) is 19.6 Å². The van der Waals surface area contributed by atoms with Crippen LogP contribution in [0.15, 0.2) is 29.3 Å². The maximum atomic E-state index is 5.66. The van der Waals surface area contributed by atoms with Crippen molar-refractivity contribution in [1.29, 1.82) is 0 Å². The molecule has 0 saturated carbocycles. The first-order valence-electron chi connectivity index (χ1n) is 4.72. The molecule has 2 aromatic rings. The van der Waals surface area contributed by atoms with Crippen LogP contribution in [0.3, 0.4) is 0 Å². The maximum absolute atomic E-state index is 5.66. The van der Waals surface area contributed by atoms with E-state index in [-0.39, 0.29) is 6.10 Å². The van der Waals surface area contributed by atoms with Crippen molar-refractivity contribution in [3.8, 4) is 5.75 Å². The predicted molar refractivity (Wildman–Crippen MR) is 59.8 cm³/mol. The summed E-state index contributed by atoms with van der Waals surface area (Å²) in [7, 11) is 0. The van der Waals surface area contributed by atoms with Gasteiger partial charge in [0, 0.05) is 10.7 Å². The number of halogens is 1. The Labute approximate surface area is 101 Å². The van der Waals surface area contributed by atoms with Gasteiger partial charge in [0.05, 0.1) is 12.7 Å². The van der Waals surface area contributed by atoms with Gasteiger partial charge >= 0.3 is 0 Å². The molecule has 16 heavy (non-hydrogen) atoms. The molecule has 0 aliphatic heterocycles. The van der Waals surface area contributed by atoms with E-state index in [0.717, 1.165) is 10.2 Å². The predicted octanol–water partition coefficient (Wildman–Crippen LogP) is 1.30. The molecule has 2 rings (SSSR count). The van der Waals surface area contributed by atoms with Crippen LogP contribution >= 0.6 is 15.9 Å². The highest BCUT2D eigenvalue weighted by atomic mass is 79.9. The molecular weight excluding hydrogens is 274 g/mol. The lowest BCUT2D eigenvalue weighted by molar-refractivity contribution is 0.192. The third-order valence-corrected chi connectivity index (χ3v) is 2.29. The molecule has 0 N–H and O–H groups in total. The third kappa shape index (κ3) is 2.99. The Balaban J connectivity index is 1.94. The average Bonchev–Trinajstić information content (AvgIpc) is 2.70. The summed E-state index contributed by atoms with van der Waals surface area (Å²) < 4.78 is 8.17. The number of nitrogens with zero attached hydrogens (tertiary/aromatic N) is 5. The van der Waals surface area contributed by atoms with Crippen molar-refractivity contribution in [1.82, 2.24) is 25.2 Å². The van der Waals surface area contributed by atoms with Gasteiger partial charge in [0.25, 0.3) is 0 Å². The fourth-order valence-electron chi connectivity index (χ4n) is 1.25. The van der Waals surface area contributed by atoms with Gasteiger partial charge in [0.2, 0.25) is 0 Å². The summed E-state index contributed by atoms with van der Waals surface area (Å²) in [5.41, 5.74) is 0. The Hall–Kier alpha value is -1.50. The van der Waals surface area contributed by atoms with E-state index in [0.29, 0.717) is 6.54 Å². The van der Waals surface area contributed by atoms with E-state index in [1.807, 2.05) is 13.0 Å². The Kier molecular flexibility index (Phi) is 3.45. The minimum atomic E-state index is -0.0281. The second-order valence-electron chi connectivity index (χ2n) is 3.30. The van der Waals surface area contributed by atoms with E-state index < -0.39 is 0 Å². The summed E-state index contributed by atoms with van der Waals surface area (Å²) >= 11 is 3.33. The van der Waals surface area contributed by atoms with Crippen molar-refractivity contribution >= 4 is 15.9 Å². The number of hydrogen-bond donors (Lipinski definition) is 0. The van der Waals surface area contributed by atoms with E-state index >= 15 is 0 Å². The molecule has 0 aromatic carbocycles. The van der Waals surface area contributed by atoms with Crippen molar-refractivity contribution in [2.24, 2.45) is 0 Å². The van der Waals surface area contributed by atoms with Gasteiger partial charge in [-0.2, -0.15) is 0 Å². The van der Waals surface area contributed by atoms with E-state index in [4.69, 9.17) is 4.74 Å². The molecule has 0 spiro atoms. The standard InChI is InChI=1S/C9H10BrN5O/c1-7(5-15-6-12-13-14-15)16-9-2-8(10)3-11-4-9/h2-4,6-7H,5H2,1H3. The van der Waals surface area contributed by atoms with Crippen LogP contribution in [-0.2, 0) is 6.54 Å². The van der Waals surface area contributed by atoms with Gasteiger partial charge in [-0.3, -0.25) is 4.98 Å². The van der Waals surface area contributed by atoms with Crippen LogP contribution in [0.5, 0.6) is 5.75 Å². The van der Waals surface area contributed by atoms with Crippen molar-refractivity contribution in [3.63, 3.8) is 0 Å². The third-order valence-electron chi connectivity index (χ3n) is 1.85. The highest BCUT2D eigenvalue weighted by molar-refractivity contribution is 9.10. The summed E-state index contributed by atoms with van der Waals surface area (Å²) in [6.45, 7) is 2.54. The Bertz CT molecular complexity index is 447. The van der Waals surface area contributed by atoms with Gasteiger partial charge in [-0.1, -0.05) is 0 Å². The minimum absolute atomic E-state index is 0.0281. The quantitative estimate of drug-likeness (QED) is 0.846. The number of tetrazole rings is 1. The second-order valence-corrected chi connectivity index (χ2v) is 4.21. The zero-order chi connectivity index (χ0) is 11.4. The van der Waals surface area contributed by atoms with E-state index in [1.54, 1.807) is 23.4 Å². The average molecular weight is 284 g/mol. The SMILES string of the molecule is CC(Cn1cnnn1)Oc1cncc(Br)c1. The zero-order valence-electron chi connectivity index (χ0n) is 8.62. The topological polar surface area (TPSA) is 65.7 Å². The van der Waals surface area contributed by atoms with Crippen molar-refractivity contribution in [2.75, 3.05) is 0 Å². The Morgan fingerprint density at radius 2 is 2.38 bits per heavy atom. The summed E-state index contributed by atoms with van der Waals surface area (Å²) in [5, 5.41) is 10.9. The van der Waals surface area contributed by atoms with E-state index in [9.17, 15) is 0 Å². The van der Waals surface area contributed by atoms with Crippen LogP contribution in [-0.4, -0.2) is 31.3 Å². The molecule has 0 radical (unpaired) electrons. The van der Waals surface area contributed by atoms with Crippen LogP contribution in [0.1, 0.15) is 6.92 Å². The molecule has 7 heteroatoms. The molecule has 0 amide bonds. The van der Waals surface area contributed by atoms with Gasteiger partial charge < -0.3 is 4.74 Å². The largest absolute Gasteiger partial charge is 0.487 e. The molecule has 2 heterocycles. The van der Waals surface area contributed by atoms with Crippen molar-refractivity contribution < 1.29 is 4.74 Å². The van der Waals surface area contributed by atoms with Gasteiger partial charge in [-0.05, 0) is 39.3 Å². The monoisotopic (exact) mass is 283 g/mol. The molecule has 0 saturated heterocycles. The van der Waals surface area contributed by atoms with Crippen LogP contribution in [0.4, 0.5) is 0 Å². The molecule has 0 aliphatic carbocycles. The smallest absolute Gasteiger partial charge is 0.139 e. The van der Waals surface area contributed by atoms with Crippen LogP contribution < -0.4 is 4.74 Å². The molecule has 0 fully saturated rings.